The van der Waals surface area contributed by atoms with Gasteiger partial charge in [0.15, 0.2) is 0 Å². The molecule has 3 N–H and O–H groups in total. The molecule has 102 valence electrons. The standard InChI is InChI=1S/C15H25FN2/c1-4-6-7-12(5-2)15(18-17)13-8-9-14(16)11(3)10-13/h8-10,12,15,18H,4-7,17H2,1-3H3. The Morgan fingerprint density at radius 2 is 2.06 bits per heavy atom. The summed E-state index contributed by atoms with van der Waals surface area (Å²) in [4.78, 5) is 0. The molecule has 0 fully saturated rings. The quantitative estimate of drug-likeness (QED) is 0.571. The summed E-state index contributed by atoms with van der Waals surface area (Å²) in [6, 6.07) is 5.37. The lowest BCUT2D eigenvalue weighted by Crippen LogP contribution is -2.33. The Balaban J connectivity index is 2.88. The number of hydrogen-bond donors (Lipinski definition) is 2. The molecule has 0 aliphatic rings. The number of benzene rings is 1. The van der Waals surface area contributed by atoms with Gasteiger partial charge in [-0.1, -0.05) is 45.2 Å². The molecule has 0 saturated heterocycles. The molecule has 0 spiro atoms. The molecule has 1 aromatic carbocycles. The van der Waals surface area contributed by atoms with Gasteiger partial charge in [0, 0.05) is 6.04 Å². The number of nitrogens with two attached hydrogens (primary N) is 1. The fraction of sp³-hybridized carbons (Fsp3) is 0.600. The maximum absolute atomic E-state index is 13.3. The van der Waals surface area contributed by atoms with Gasteiger partial charge >= 0.3 is 0 Å². The van der Waals surface area contributed by atoms with Gasteiger partial charge in [0.2, 0.25) is 0 Å². The predicted octanol–water partition coefficient (Wildman–Crippen LogP) is 3.85. The third-order valence-corrected chi connectivity index (χ3v) is 3.64. The van der Waals surface area contributed by atoms with E-state index in [0.717, 1.165) is 18.4 Å². The molecule has 0 radical (unpaired) electrons. The summed E-state index contributed by atoms with van der Waals surface area (Å²) in [5.41, 5.74) is 4.66. The normalized spacial score (nSPS) is 14.5. The number of hydrogen-bond acceptors (Lipinski definition) is 2. The molecule has 0 bridgehead atoms. The highest BCUT2D eigenvalue weighted by molar-refractivity contribution is 5.26. The van der Waals surface area contributed by atoms with Crippen molar-refractivity contribution in [3.8, 4) is 0 Å². The molecule has 18 heavy (non-hydrogen) atoms. The van der Waals surface area contributed by atoms with Crippen molar-refractivity contribution in [2.24, 2.45) is 11.8 Å². The summed E-state index contributed by atoms with van der Waals surface area (Å²) >= 11 is 0. The fourth-order valence-corrected chi connectivity index (χ4v) is 2.44. The molecule has 3 heteroatoms. The van der Waals surface area contributed by atoms with Gasteiger partial charge in [-0.05, 0) is 36.5 Å². The average Bonchev–Trinajstić information content (AvgIpc) is 2.38. The first-order chi connectivity index (χ1) is 8.63. The van der Waals surface area contributed by atoms with Crippen LogP contribution < -0.4 is 11.3 Å². The Morgan fingerprint density at radius 1 is 1.33 bits per heavy atom. The highest BCUT2D eigenvalue weighted by atomic mass is 19.1. The highest BCUT2D eigenvalue weighted by Gasteiger charge is 2.20. The summed E-state index contributed by atoms with van der Waals surface area (Å²) < 4.78 is 13.3. The number of nitrogens with one attached hydrogen (secondary N) is 1. The van der Waals surface area contributed by atoms with Crippen molar-refractivity contribution >= 4 is 0 Å². The molecule has 0 aromatic heterocycles. The maximum atomic E-state index is 13.3. The molecule has 0 saturated carbocycles. The van der Waals surface area contributed by atoms with E-state index in [1.54, 1.807) is 6.92 Å². The first-order valence-corrected chi connectivity index (χ1v) is 6.86. The minimum atomic E-state index is -0.156. The van der Waals surface area contributed by atoms with E-state index >= 15 is 0 Å². The summed E-state index contributed by atoms with van der Waals surface area (Å²) in [6.07, 6.45) is 4.62. The van der Waals surface area contributed by atoms with Crippen LogP contribution in [0.3, 0.4) is 0 Å². The second-order valence-corrected chi connectivity index (χ2v) is 4.96. The number of rotatable bonds is 7. The Hall–Kier alpha value is -0.930. The largest absolute Gasteiger partial charge is 0.271 e. The third-order valence-electron chi connectivity index (χ3n) is 3.64. The molecule has 0 heterocycles. The van der Waals surface area contributed by atoms with Gasteiger partial charge in [-0.3, -0.25) is 11.3 Å². The van der Waals surface area contributed by atoms with Crippen LogP contribution in [0.1, 0.15) is 56.7 Å². The minimum absolute atomic E-state index is 0.112. The van der Waals surface area contributed by atoms with Crippen LogP contribution >= 0.6 is 0 Å². The van der Waals surface area contributed by atoms with E-state index in [1.165, 1.54) is 18.9 Å². The van der Waals surface area contributed by atoms with Crippen molar-refractivity contribution in [3.63, 3.8) is 0 Å². The Morgan fingerprint density at radius 3 is 2.56 bits per heavy atom. The van der Waals surface area contributed by atoms with Crippen LogP contribution in [-0.2, 0) is 0 Å². The van der Waals surface area contributed by atoms with Crippen molar-refractivity contribution < 1.29 is 4.39 Å². The maximum Gasteiger partial charge on any atom is 0.126 e. The van der Waals surface area contributed by atoms with E-state index in [0.29, 0.717) is 11.5 Å². The lowest BCUT2D eigenvalue weighted by molar-refractivity contribution is 0.326. The molecule has 2 nitrogen and oxygen atoms in total. The summed E-state index contributed by atoms with van der Waals surface area (Å²) in [5, 5.41) is 0. The Bertz CT molecular complexity index is 366. The predicted molar refractivity (Wildman–Crippen MR) is 74.5 cm³/mol. The average molecular weight is 252 g/mol. The lowest BCUT2D eigenvalue weighted by Gasteiger charge is -2.26. The second kappa shape index (κ2) is 7.49. The van der Waals surface area contributed by atoms with Crippen LogP contribution in [-0.4, -0.2) is 0 Å². The monoisotopic (exact) mass is 252 g/mol. The van der Waals surface area contributed by atoms with Crippen molar-refractivity contribution in [1.29, 1.82) is 0 Å². The molecule has 1 aromatic rings. The number of aryl methyl sites for hydroxylation is 1. The third kappa shape index (κ3) is 3.79. The van der Waals surface area contributed by atoms with Crippen molar-refractivity contribution in [2.75, 3.05) is 0 Å². The van der Waals surface area contributed by atoms with Gasteiger partial charge in [-0.2, -0.15) is 0 Å². The minimum Gasteiger partial charge on any atom is -0.271 e. The molecule has 0 aliphatic heterocycles. The van der Waals surface area contributed by atoms with Gasteiger partial charge in [0.25, 0.3) is 0 Å². The zero-order chi connectivity index (χ0) is 13.5. The number of unbranched alkanes of at least 4 members (excludes halogenated alkanes) is 1. The molecular formula is C15H25FN2. The van der Waals surface area contributed by atoms with E-state index < -0.39 is 0 Å². The van der Waals surface area contributed by atoms with E-state index in [1.807, 2.05) is 12.1 Å². The first-order valence-electron chi connectivity index (χ1n) is 6.86. The molecule has 0 amide bonds. The van der Waals surface area contributed by atoms with Crippen molar-refractivity contribution in [3.05, 3.63) is 35.1 Å². The van der Waals surface area contributed by atoms with E-state index in [2.05, 4.69) is 19.3 Å². The molecule has 0 aliphatic carbocycles. The fourth-order valence-electron chi connectivity index (χ4n) is 2.44. The van der Waals surface area contributed by atoms with Crippen LogP contribution in [0.4, 0.5) is 4.39 Å². The smallest absolute Gasteiger partial charge is 0.126 e. The van der Waals surface area contributed by atoms with Crippen LogP contribution in [0.2, 0.25) is 0 Å². The van der Waals surface area contributed by atoms with Crippen molar-refractivity contribution in [2.45, 2.75) is 52.5 Å². The van der Waals surface area contributed by atoms with E-state index in [9.17, 15) is 4.39 Å². The van der Waals surface area contributed by atoms with Gasteiger partial charge in [0.05, 0.1) is 0 Å². The zero-order valence-electron chi connectivity index (χ0n) is 11.7. The topological polar surface area (TPSA) is 38.0 Å². The van der Waals surface area contributed by atoms with Gasteiger partial charge in [0.1, 0.15) is 5.82 Å². The molecule has 1 rings (SSSR count). The van der Waals surface area contributed by atoms with E-state index in [-0.39, 0.29) is 11.9 Å². The Kier molecular flexibility index (Phi) is 6.30. The Labute approximate surface area is 110 Å². The summed E-state index contributed by atoms with van der Waals surface area (Å²) in [6.45, 7) is 6.17. The van der Waals surface area contributed by atoms with Gasteiger partial charge in [-0.15, -0.1) is 0 Å². The summed E-state index contributed by atoms with van der Waals surface area (Å²) in [5.74, 6) is 6.04. The lowest BCUT2D eigenvalue weighted by atomic mass is 9.87. The molecule has 2 unspecified atom stereocenters. The van der Waals surface area contributed by atoms with E-state index in [4.69, 9.17) is 5.84 Å². The highest BCUT2D eigenvalue weighted by Crippen LogP contribution is 2.29. The first kappa shape index (κ1) is 15.1. The number of halogens is 1. The van der Waals surface area contributed by atoms with Crippen LogP contribution in [0.5, 0.6) is 0 Å². The molecular weight excluding hydrogens is 227 g/mol. The van der Waals surface area contributed by atoms with Crippen LogP contribution in [0, 0.1) is 18.7 Å². The SMILES string of the molecule is CCCCC(CC)C(NN)c1ccc(F)c(C)c1. The zero-order valence-corrected chi connectivity index (χ0v) is 11.7. The summed E-state index contributed by atoms with van der Waals surface area (Å²) in [7, 11) is 0. The second-order valence-electron chi connectivity index (χ2n) is 4.96. The van der Waals surface area contributed by atoms with Gasteiger partial charge in [-0.25, -0.2) is 4.39 Å². The molecule has 2 atom stereocenters. The van der Waals surface area contributed by atoms with Crippen LogP contribution in [0.25, 0.3) is 0 Å². The van der Waals surface area contributed by atoms with Crippen LogP contribution in [0.15, 0.2) is 18.2 Å². The van der Waals surface area contributed by atoms with Crippen molar-refractivity contribution in [1.82, 2.24) is 5.43 Å². The number of hydrazine groups is 1. The van der Waals surface area contributed by atoms with Gasteiger partial charge < -0.3 is 0 Å².